The second kappa shape index (κ2) is 8.68. The highest BCUT2D eigenvalue weighted by molar-refractivity contribution is 7.89. The van der Waals surface area contributed by atoms with Gasteiger partial charge in [-0.1, -0.05) is 0 Å². The first-order valence-corrected chi connectivity index (χ1v) is 11.0. The number of amides is 1. The largest absolute Gasteiger partial charge is 0.391 e. The van der Waals surface area contributed by atoms with E-state index in [0.717, 1.165) is 30.5 Å². The van der Waals surface area contributed by atoms with Crippen LogP contribution in [0, 0.1) is 5.92 Å². The zero-order chi connectivity index (χ0) is 20.3. The SMILES string of the molecule is CN(C)S(=O)(=O)C[C@@H]1CN(C(=O)CN2CCN(c3ncccn3)CC2)C[C@H]1O. The number of carbonyl (C=O) groups is 1. The van der Waals surface area contributed by atoms with Crippen LogP contribution in [-0.4, -0.2) is 115 Å². The number of aliphatic hydroxyl groups excluding tert-OH is 1. The summed E-state index contributed by atoms with van der Waals surface area (Å²) in [6.07, 6.45) is 2.61. The highest BCUT2D eigenvalue weighted by Crippen LogP contribution is 2.20. The molecule has 0 unspecified atom stereocenters. The van der Waals surface area contributed by atoms with Gasteiger partial charge in [0.2, 0.25) is 21.9 Å². The van der Waals surface area contributed by atoms with Crippen molar-refractivity contribution in [2.75, 3.05) is 70.6 Å². The number of hydrogen-bond acceptors (Lipinski definition) is 8. The molecule has 11 heteroatoms. The minimum atomic E-state index is -3.42. The van der Waals surface area contributed by atoms with Gasteiger partial charge in [0.05, 0.1) is 18.4 Å². The topological polar surface area (TPSA) is 110 Å². The summed E-state index contributed by atoms with van der Waals surface area (Å²) >= 11 is 0. The standard InChI is InChI=1S/C17H28N6O4S/c1-20(2)28(26,27)13-14-10-23(11-15(14)24)16(25)12-21-6-8-22(9-7-21)17-18-4-3-5-19-17/h3-5,14-15,24H,6-13H2,1-2H3/t14-,15+/m0/s1. The molecule has 0 bridgehead atoms. The predicted octanol–water partition coefficient (Wildman–Crippen LogP) is -1.69. The van der Waals surface area contributed by atoms with Crippen LogP contribution in [0.1, 0.15) is 0 Å². The molecule has 156 valence electrons. The van der Waals surface area contributed by atoms with E-state index in [-0.39, 0.29) is 31.3 Å². The maximum Gasteiger partial charge on any atom is 0.236 e. The van der Waals surface area contributed by atoms with Crippen LogP contribution in [0.2, 0.25) is 0 Å². The number of rotatable bonds is 6. The van der Waals surface area contributed by atoms with Gasteiger partial charge in [0.25, 0.3) is 0 Å². The third-order valence-corrected chi connectivity index (χ3v) is 7.27. The van der Waals surface area contributed by atoms with Crippen molar-refractivity contribution in [2.45, 2.75) is 6.10 Å². The van der Waals surface area contributed by atoms with Crippen LogP contribution in [0.4, 0.5) is 5.95 Å². The van der Waals surface area contributed by atoms with Gasteiger partial charge in [-0.3, -0.25) is 9.69 Å². The number of aliphatic hydroxyl groups is 1. The molecule has 28 heavy (non-hydrogen) atoms. The summed E-state index contributed by atoms with van der Waals surface area (Å²) in [5.74, 6) is 0.0125. The molecule has 1 amide bonds. The highest BCUT2D eigenvalue weighted by Gasteiger charge is 2.37. The van der Waals surface area contributed by atoms with Crippen LogP contribution in [0.5, 0.6) is 0 Å². The molecule has 2 fully saturated rings. The smallest absolute Gasteiger partial charge is 0.236 e. The predicted molar refractivity (Wildman–Crippen MR) is 104 cm³/mol. The lowest BCUT2D eigenvalue weighted by atomic mass is 10.1. The Morgan fingerprint density at radius 3 is 2.43 bits per heavy atom. The number of carbonyl (C=O) groups excluding carboxylic acids is 1. The van der Waals surface area contributed by atoms with Crippen LogP contribution < -0.4 is 4.90 Å². The van der Waals surface area contributed by atoms with E-state index in [4.69, 9.17) is 0 Å². The quantitative estimate of drug-likeness (QED) is 0.589. The van der Waals surface area contributed by atoms with Crippen molar-refractivity contribution >= 4 is 21.9 Å². The summed E-state index contributed by atoms with van der Waals surface area (Å²) in [6, 6.07) is 1.78. The van der Waals surface area contributed by atoms with Gasteiger partial charge in [0.15, 0.2) is 0 Å². The van der Waals surface area contributed by atoms with Crippen molar-refractivity contribution in [3.05, 3.63) is 18.5 Å². The molecule has 3 heterocycles. The second-order valence-corrected chi connectivity index (χ2v) is 9.73. The fraction of sp³-hybridized carbons (Fsp3) is 0.706. The van der Waals surface area contributed by atoms with Crippen molar-refractivity contribution in [1.29, 1.82) is 0 Å². The summed E-state index contributed by atoms with van der Waals surface area (Å²) in [7, 11) is -0.472. The molecule has 2 aliphatic rings. The Morgan fingerprint density at radius 2 is 1.82 bits per heavy atom. The Kier molecular flexibility index (Phi) is 6.48. The third kappa shape index (κ3) is 4.96. The van der Waals surface area contributed by atoms with Crippen LogP contribution in [-0.2, 0) is 14.8 Å². The summed E-state index contributed by atoms with van der Waals surface area (Å²) in [5, 5.41) is 10.2. The first-order chi connectivity index (χ1) is 13.3. The molecule has 1 aromatic heterocycles. The van der Waals surface area contributed by atoms with Crippen molar-refractivity contribution in [1.82, 2.24) is 24.1 Å². The number of piperazine rings is 1. The Labute approximate surface area is 165 Å². The first-order valence-electron chi connectivity index (χ1n) is 9.36. The molecule has 0 saturated carbocycles. The first kappa shape index (κ1) is 20.9. The number of anilines is 1. The Bertz CT molecular complexity index is 767. The fourth-order valence-corrected chi connectivity index (χ4v) is 4.66. The van der Waals surface area contributed by atoms with Crippen molar-refractivity contribution in [2.24, 2.45) is 5.92 Å². The molecular weight excluding hydrogens is 384 g/mol. The van der Waals surface area contributed by atoms with E-state index < -0.39 is 22.0 Å². The summed E-state index contributed by atoms with van der Waals surface area (Å²) < 4.78 is 25.3. The molecule has 1 aromatic rings. The van der Waals surface area contributed by atoms with E-state index >= 15 is 0 Å². The second-order valence-electron chi connectivity index (χ2n) is 7.50. The van der Waals surface area contributed by atoms with E-state index in [2.05, 4.69) is 19.8 Å². The van der Waals surface area contributed by atoms with Gasteiger partial charge in [-0.05, 0) is 6.07 Å². The van der Waals surface area contributed by atoms with Gasteiger partial charge in [0, 0.05) is 71.7 Å². The lowest BCUT2D eigenvalue weighted by Gasteiger charge is -2.34. The summed E-state index contributed by atoms with van der Waals surface area (Å²) in [4.78, 5) is 26.9. The molecular formula is C17H28N6O4S. The van der Waals surface area contributed by atoms with Gasteiger partial charge >= 0.3 is 0 Å². The average molecular weight is 413 g/mol. The number of nitrogens with zero attached hydrogens (tertiary/aromatic N) is 6. The molecule has 3 rings (SSSR count). The molecule has 0 aromatic carbocycles. The molecule has 0 radical (unpaired) electrons. The molecule has 2 saturated heterocycles. The van der Waals surface area contributed by atoms with Gasteiger partial charge < -0.3 is 14.9 Å². The summed E-state index contributed by atoms with van der Waals surface area (Å²) in [5.41, 5.74) is 0. The normalized spacial score (nSPS) is 24.1. The minimum Gasteiger partial charge on any atom is -0.391 e. The molecule has 1 N–H and O–H groups in total. The molecule has 0 spiro atoms. The van der Waals surface area contributed by atoms with Gasteiger partial charge in [-0.2, -0.15) is 0 Å². The lowest BCUT2D eigenvalue weighted by Crippen LogP contribution is -2.50. The zero-order valence-electron chi connectivity index (χ0n) is 16.3. The van der Waals surface area contributed by atoms with Crippen LogP contribution in [0.3, 0.4) is 0 Å². The van der Waals surface area contributed by atoms with Gasteiger partial charge in [-0.15, -0.1) is 0 Å². The number of β-amino-alcohol motifs (C(OH)–C–C–N with tert-alkyl or cyclic N) is 1. The monoisotopic (exact) mass is 412 g/mol. The molecule has 2 atom stereocenters. The maximum absolute atomic E-state index is 12.6. The lowest BCUT2D eigenvalue weighted by molar-refractivity contribution is -0.131. The molecule has 10 nitrogen and oxygen atoms in total. The number of hydrogen-bond donors (Lipinski definition) is 1. The average Bonchev–Trinajstić information content (AvgIpc) is 3.03. The van der Waals surface area contributed by atoms with Crippen LogP contribution in [0.25, 0.3) is 0 Å². The van der Waals surface area contributed by atoms with E-state index in [1.165, 1.54) is 14.1 Å². The van der Waals surface area contributed by atoms with Gasteiger partial charge in [0.1, 0.15) is 0 Å². The zero-order valence-corrected chi connectivity index (χ0v) is 17.1. The van der Waals surface area contributed by atoms with E-state index in [0.29, 0.717) is 5.95 Å². The van der Waals surface area contributed by atoms with E-state index in [1.54, 1.807) is 23.4 Å². The number of likely N-dealkylation sites (tertiary alicyclic amines) is 1. The number of sulfonamides is 1. The fourth-order valence-electron chi connectivity index (χ4n) is 3.49. The molecule has 0 aliphatic carbocycles. The highest BCUT2D eigenvalue weighted by atomic mass is 32.2. The van der Waals surface area contributed by atoms with E-state index in [9.17, 15) is 18.3 Å². The van der Waals surface area contributed by atoms with Crippen LogP contribution >= 0.6 is 0 Å². The Hall–Kier alpha value is -1.82. The van der Waals surface area contributed by atoms with E-state index in [1.807, 2.05) is 0 Å². The minimum absolute atomic E-state index is 0.0757. The summed E-state index contributed by atoms with van der Waals surface area (Å²) in [6.45, 7) is 3.64. The third-order valence-electron chi connectivity index (χ3n) is 5.31. The van der Waals surface area contributed by atoms with Crippen molar-refractivity contribution in [3.8, 4) is 0 Å². The maximum atomic E-state index is 12.6. The van der Waals surface area contributed by atoms with Crippen molar-refractivity contribution < 1.29 is 18.3 Å². The molecule has 2 aliphatic heterocycles. The Morgan fingerprint density at radius 1 is 1.18 bits per heavy atom. The van der Waals surface area contributed by atoms with Crippen LogP contribution in [0.15, 0.2) is 18.5 Å². The Balaban J connectivity index is 1.48. The van der Waals surface area contributed by atoms with Gasteiger partial charge in [-0.25, -0.2) is 22.7 Å². The number of aromatic nitrogens is 2. The van der Waals surface area contributed by atoms with Crippen molar-refractivity contribution in [3.63, 3.8) is 0 Å².